The van der Waals surface area contributed by atoms with Crippen LogP contribution in [0.4, 0.5) is 4.79 Å². The molecule has 2 saturated heterocycles. The topological polar surface area (TPSA) is 91.4 Å². The third-order valence-corrected chi connectivity index (χ3v) is 5.03. The number of carbonyl (C=O) groups is 3. The minimum atomic E-state index is -1.10. The van der Waals surface area contributed by atoms with E-state index in [1.54, 1.807) is 12.1 Å². The van der Waals surface area contributed by atoms with E-state index in [-0.39, 0.29) is 19.4 Å². The van der Waals surface area contributed by atoms with Gasteiger partial charge < -0.3 is 14.0 Å². The van der Waals surface area contributed by atoms with Crippen LogP contribution in [0.15, 0.2) is 24.3 Å². The van der Waals surface area contributed by atoms with Gasteiger partial charge in [0.1, 0.15) is 6.61 Å². The number of carbonyl (C=O) groups excluding carboxylic acids is 3. The van der Waals surface area contributed by atoms with Gasteiger partial charge in [-0.05, 0) is 38.7 Å². The Kier molecular flexibility index (Phi) is 5.01. The van der Waals surface area contributed by atoms with Gasteiger partial charge in [-0.3, -0.25) is 14.4 Å². The van der Waals surface area contributed by atoms with Gasteiger partial charge in [0.25, 0.3) is 11.8 Å². The van der Waals surface area contributed by atoms with Gasteiger partial charge >= 0.3 is 13.3 Å². The zero-order valence-corrected chi connectivity index (χ0v) is 15.8. The summed E-state index contributed by atoms with van der Waals surface area (Å²) in [6.07, 6.45) is -1.03. The molecule has 0 aromatic heterocycles. The van der Waals surface area contributed by atoms with Gasteiger partial charge in [0.2, 0.25) is 0 Å². The fourth-order valence-corrected chi connectivity index (χ4v) is 2.65. The number of rotatable bonds is 4. The molecular formula is C18H22BNO7. The minimum Gasteiger partial charge on any atom is -0.428 e. The maximum atomic E-state index is 11.7. The van der Waals surface area contributed by atoms with Crippen LogP contribution in [0.1, 0.15) is 46.1 Å². The van der Waals surface area contributed by atoms with Crippen molar-refractivity contribution >= 4 is 30.6 Å². The molecule has 1 aromatic carbocycles. The SMILES string of the molecule is CC1(C)OB(c2ccc(COC(=O)ON3C(=O)CCC3=O)cc2)OC1(C)C. The molecule has 144 valence electrons. The van der Waals surface area contributed by atoms with Crippen LogP contribution in [0.2, 0.25) is 0 Å². The molecule has 9 heteroatoms. The van der Waals surface area contributed by atoms with E-state index in [9.17, 15) is 14.4 Å². The highest BCUT2D eigenvalue weighted by Crippen LogP contribution is 2.36. The van der Waals surface area contributed by atoms with Gasteiger partial charge in [0, 0.05) is 12.8 Å². The first-order chi connectivity index (χ1) is 12.6. The van der Waals surface area contributed by atoms with E-state index in [1.807, 2.05) is 39.8 Å². The Morgan fingerprint density at radius 3 is 2.07 bits per heavy atom. The second kappa shape index (κ2) is 6.97. The molecule has 0 spiro atoms. The number of nitrogens with zero attached hydrogens (tertiary/aromatic N) is 1. The molecule has 0 saturated carbocycles. The van der Waals surface area contributed by atoms with Crippen molar-refractivity contribution < 1.29 is 33.3 Å². The highest BCUT2D eigenvalue weighted by atomic mass is 16.8. The van der Waals surface area contributed by atoms with Crippen LogP contribution in [0, 0.1) is 0 Å². The summed E-state index contributed by atoms with van der Waals surface area (Å²) in [4.78, 5) is 39.1. The fourth-order valence-electron chi connectivity index (χ4n) is 2.65. The van der Waals surface area contributed by atoms with Crippen molar-refractivity contribution in [1.29, 1.82) is 0 Å². The lowest BCUT2D eigenvalue weighted by Crippen LogP contribution is -2.41. The van der Waals surface area contributed by atoms with Gasteiger partial charge in [0.05, 0.1) is 11.2 Å². The Labute approximate surface area is 157 Å². The smallest absolute Gasteiger partial charge is 0.428 e. The van der Waals surface area contributed by atoms with E-state index >= 15 is 0 Å². The van der Waals surface area contributed by atoms with Gasteiger partial charge in [-0.15, -0.1) is 0 Å². The van der Waals surface area contributed by atoms with Crippen LogP contribution in [0.3, 0.4) is 0 Å². The molecule has 2 aliphatic heterocycles. The summed E-state index contributed by atoms with van der Waals surface area (Å²) >= 11 is 0. The van der Waals surface area contributed by atoms with Crippen LogP contribution in [-0.2, 0) is 35.1 Å². The highest BCUT2D eigenvalue weighted by Gasteiger charge is 2.51. The Hall–Kier alpha value is -2.39. The maximum absolute atomic E-state index is 11.7. The Balaban J connectivity index is 1.53. The second-order valence-corrected chi connectivity index (χ2v) is 7.54. The van der Waals surface area contributed by atoms with Crippen LogP contribution in [0.25, 0.3) is 0 Å². The minimum absolute atomic E-state index is 0.0342. The molecule has 8 nitrogen and oxygen atoms in total. The van der Waals surface area contributed by atoms with E-state index in [0.29, 0.717) is 10.6 Å². The molecule has 1 aromatic rings. The van der Waals surface area contributed by atoms with Crippen LogP contribution < -0.4 is 5.46 Å². The Morgan fingerprint density at radius 2 is 1.56 bits per heavy atom. The predicted octanol–water partition coefficient (Wildman–Crippen LogP) is 1.70. The number of amides is 2. The van der Waals surface area contributed by atoms with Crippen LogP contribution >= 0.6 is 0 Å². The number of hydroxylamine groups is 2. The van der Waals surface area contributed by atoms with Crippen molar-refractivity contribution in [3.05, 3.63) is 29.8 Å². The summed E-state index contributed by atoms with van der Waals surface area (Å²) in [7, 11) is -0.470. The lowest BCUT2D eigenvalue weighted by atomic mass is 9.79. The Morgan fingerprint density at radius 1 is 1.04 bits per heavy atom. The lowest BCUT2D eigenvalue weighted by molar-refractivity contribution is -0.177. The van der Waals surface area contributed by atoms with E-state index in [2.05, 4.69) is 4.84 Å². The molecule has 2 aliphatic rings. The molecule has 2 fully saturated rings. The van der Waals surface area contributed by atoms with E-state index < -0.39 is 36.3 Å². The number of hydrogen-bond donors (Lipinski definition) is 0. The van der Waals surface area contributed by atoms with E-state index in [0.717, 1.165) is 5.46 Å². The molecule has 0 radical (unpaired) electrons. The monoisotopic (exact) mass is 375 g/mol. The van der Waals surface area contributed by atoms with Crippen molar-refractivity contribution in [3.63, 3.8) is 0 Å². The van der Waals surface area contributed by atoms with Crippen molar-refractivity contribution in [1.82, 2.24) is 5.06 Å². The molecule has 0 bridgehead atoms. The third kappa shape index (κ3) is 3.99. The summed E-state index contributed by atoms with van der Waals surface area (Å²) in [6, 6.07) is 7.22. The zero-order valence-electron chi connectivity index (χ0n) is 15.8. The summed E-state index contributed by atoms with van der Waals surface area (Å²) in [5, 5.41) is 0.448. The number of hydrogen-bond acceptors (Lipinski definition) is 7. The maximum Gasteiger partial charge on any atom is 0.534 e. The van der Waals surface area contributed by atoms with Crippen molar-refractivity contribution in [2.45, 2.75) is 58.3 Å². The van der Waals surface area contributed by atoms with Crippen LogP contribution in [0.5, 0.6) is 0 Å². The van der Waals surface area contributed by atoms with E-state index in [1.165, 1.54) is 0 Å². The average Bonchev–Trinajstić information content (AvgIpc) is 3.02. The molecule has 3 rings (SSSR count). The standard InChI is InChI=1S/C18H22BNO7/c1-17(2)18(3,4)27-19(26-17)13-7-5-12(6-8-13)11-24-16(23)25-20-14(21)9-10-15(20)22/h5-8H,9-11H2,1-4H3. The summed E-state index contributed by atoms with van der Waals surface area (Å²) in [5.41, 5.74) is 0.723. The van der Waals surface area contributed by atoms with Crippen molar-refractivity contribution in [2.24, 2.45) is 0 Å². The lowest BCUT2D eigenvalue weighted by Gasteiger charge is -2.32. The fraction of sp³-hybridized carbons (Fsp3) is 0.500. The summed E-state index contributed by atoms with van der Waals surface area (Å²) in [6.45, 7) is 7.87. The second-order valence-electron chi connectivity index (χ2n) is 7.54. The molecule has 2 heterocycles. The molecule has 0 atom stereocenters. The molecule has 0 unspecified atom stereocenters. The number of ether oxygens (including phenoxy) is 1. The first kappa shape index (κ1) is 19.4. The first-order valence-corrected chi connectivity index (χ1v) is 8.74. The zero-order chi connectivity index (χ0) is 19.8. The third-order valence-electron chi connectivity index (χ3n) is 5.03. The quantitative estimate of drug-likeness (QED) is 0.449. The summed E-state index contributed by atoms with van der Waals surface area (Å²) < 4.78 is 16.9. The molecule has 2 amide bonds. The molecule has 0 N–H and O–H groups in total. The van der Waals surface area contributed by atoms with E-state index in [4.69, 9.17) is 14.0 Å². The predicted molar refractivity (Wildman–Crippen MR) is 94.5 cm³/mol. The van der Waals surface area contributed by atoms with Gasteiger partial charge in [-0.2, -0.15) is 0 Å². The van der Waals surface area contributed by atoms with Gasteiger partial charge in [-0.25, -0.2) is 4.79 Å². The number of imide groups is 1. The van der Waals surface area contributed by atoms with Crippen LogP contribution in [-0.4, -0.2) is 41.4 Å². The highest BCUT2D eigenvalue weighted by molar-refractivity contribution is 6.62. The average molecular weight is 375 g/mol. The molecular weight excluding hydrogens is 353 g/mol. The van der Waals surface area contributed by atoms with Gasteiger partial charge in [0.15, 0.2) is 0 Å². The first-order valence-electron chi connectivity index (χ1n) is 8.74. The van der Waals surface area contributed by atoms with Gasteiger partial charge in [-0.1, -0.05) is 29.3 Å². The molecule has 27 heavy (non-hydrogen) atoms. The largest absolute Gasteiger partial charge is 0.534 e. The number of benzene rings is 1. The summed E-state index contributed by atoms with van der Waals surface area (Å²) in [5.74, 6) is -1.10. The van der Waals surface area contributed by atoms with Crippen molar-refractivity contribution in [2.75, 3.05) is 0 Å². The normalized spacial score (nSPS) is 20.9. The Bertz CT molecular complexity index is 727. The van der Waals surface area contributed by atoms with Crippen molar-refractivity contribution in [3.8, 4) is 0 Å². The molecule has 0 aliphatic carbocycles.